The molecule has 3 aromatic rings. The molecule has 2 aliphatic rings. The number of ether oxygens (including phenoxy) is 2. The number of halogens is 3. The molecule has 2 aliphatic heterocycles. The van der Waals surface area contributed by atoms with Crippen LogP contribution in [0.15, 0.2) is 36.4 Å². The number of fused-ring (bicyclic) bond motifs is 2. The summed E-state index contributed by atoms with van der Waals surface area (Å²) in [5.41, 5.74) is 3.29. The van der Waals surface area contributed by atoms with E-state index in [0.717, 1.165) is 5.56 Å². The smallest absolute Gasteiger partial charge is 0.445 e. The van der Waals surface area contributed by atoms with Gasteiger partial charge in [0.1, 0.15) is 23.4 Å². The molecule has 0 aliphatic carbocycles. The van der Waals surface area contributed by atoms with Gasteiger partial charge < -0.3 is 19.3 Å². The van der Waals surface area contributed by atoms with E-state index in [0.29, 0.717) is 48.3 Å². The Morgan fingerprint density at radius 1 is 1.00 bits per heavy atom. The lowest BCUT2D eigenvalue weighted by Gasteiger charge is -2.22. The Morgan fingerprint density at radius 3 is 2.31 bits per heavy atom. The van der Waals surface area contributed by atoms with Gasteiger partial charge in [0.25, 0.3) is 5.91 Å². The monoisotopic (exact) mass is 489 g/mol. The molecule has 2 aromatic carbocycles. The number of aromatic nitrogens is 3. The lowest BCUT2D eigenvalue weighted by molar-refractivity contribution is -0.274. The number of hydrogen-bond acceptors (Lipinski definition) is 6. The van der Waals surface area contributed by atoms with E-state index in [1.165, 1.54) is 24.3 Å². The summed E-state index contributed by atoms with van der Waals surface area (Å²) >= 11 is 0. The van der Waals surface area contributed by atoms with Crippen molar-refractivity contribution in [1.29, 1.82) is 0 Å². The minimum atomic E-state index is -4.76. The summed E-state index contributed by atoms with van der Waals surface area (Å²) in [5, 5.41) is 10.7. The Kier molecular flexibility index (Phi) is 5.73. The van der Waals surface area contributed by atoms with E-state index < -0.39 is 12.5 Å². The number of aryl methyl sites for hydroxylation is 1. The minimum Gasteiger partial charge on any atom is -0.445 e. The summed E-state index contributed by atoms with van der Waals surface area (Å²) in [6, 6.07) is 8.70. The maximum absolute atomic E-state index is 13.1. The van der Waals surface area contributed by atoms with E-state index in [4.69, 9.17) is 4.74 Å². The minimum absolute atomic E-state index is 0.0612. The van der Waals surface area contributed by atoms with E-state index in [1.54, 1.807) is 17.0 Å². The van der Waals surface area contributed by atoms with Gasteiger partial charge in [0, 0.05) is 43.6 Å². The first-order valence-electron chi connectivity index (χ1n) is 11.0. The topological polar surface area (TPSA) is 101 Å². The molecular formula is C23H22F3N5O4. The second kappa shape index (κ2) is 8.75. The molecule has 9 nitrogen and oxygen atoms in total. The van der Waals surface area contributed by atoms with Crippen LogP contribution in [-0.4, -0.2) is 69.8 Å². The van der Waals surface area contributed by atoms with Crippen LogP contribution in [0, 0.1) is 18.8 Å². The molecule has 2 atom stereocenters. The van der Waals surface area contributed by atoms with Crippen molar-refractivity contribution < 1.29 is 32.2 Å². The summed E-state index contributed by atoms with van der Waals surface area (Å²) in [5.74, 6) is -0.0909. The van der Waals surface area contributed by atoms with Crippen molar-refractivity contribution in [2.75, 3.05) is 26.2 Å². The fourth-order valence-corrected chi connectivity index (χ4v) is 4.78. The van der Waals surface area contributed by atoms with E-state index >= 15 is 0 Å². The highest BCUT2D eigenvalue weighted by atomic mass is 19.4. The first kappa shape index (κ1) is 22.9. The molecule has 3 heterocycles. The Morgan fingerprint density at radius 2 is 1.66 bits per heavy atom. The third-order valence-electron chi connectivity index (χ3n) is 6.52. The van der Waals surface area contributed by atoms with Crippen LogP contribution in [0.1, 0.15) is 21.5 Å². The molecule has 184 valence electrons. The van der Waals surface area contributed by atoms with Gasteiger partial charge >= 0.3 is 12.5 Å². The molecule has 2 saturated heterocycles. The van der Waals surface area contributed by atoms with Crippen molar-refractivity contribution in [3.05, 3.63) is 53.1 Å². The Bertz CT molecular complexity index is 1250. The number of amides is 2. The number of likely N-dealkylation sites (tertiary alicyclic amines) is 2. The molecule has 35 heavy (non-hydrogen) atoms. The molecule has 2 amide bonds. The second-order valence-electron chi connectivity index (χ2n) is 8.81. The number of aromatic amines is 1. The second-order valence-corrected chi connectivity index (χ2v) is 8.81. The summed E-state index contributed by atoms with van der Waals surface area (Å²) in [7, 11) is 0. The fraction of sp³-hybridized carbons (Fsp3) is 0.391. The predicted octanol–water partition coefficient (Wildman–Crippen LogP) is 3.51. The number of nitrogens with zero attached hydrogens (tertiary/aromatic N) is 4. The van der Waals surface area contributed by atoms with Crippen LogP contribution in [0.3, 0.4) is 0 Å². The Balaban J connectivity index is 1.13. The van der Waals surface area contributed by atoms with Gasteiger partial charge in [0.2, 0.25) is 0 Å². The van der Waals surface area contributed by atoms with Crippen molar-refractivity contribution in [1.82, 2.24) is 25.2 Å². The van der Waals surface area contributed by atoms with Crippen LogP contribution in [0.25, 0.3) is 11.0 Å². The Hall–Kier alpha value is -3.83. The molecule has 2 fully saturated rings. The van der Waals surface area contributed by atoms with Gasteiger partial charge in [-0.2, -0.15) is 15.4 Å². The van der Waals surface area contributed by atoms with E-state index in [1.807, 2.05) is 11.8 Å². The molecule has 5 rings (SSSR count). The van der Waals surface area contributed by atoms with Gasteiger partial charge in [0.05, 0.1) is 0 Å². The molecule has 0 saturated carbocycles. The number of carbonyl (C=O) groups excluding carboxylic acids is 2. The molecule has 0 spiro atoms. The number of H-pyrrole nitrogens is 1. The van der Waals surface area contributed by atoms with Gasteiger partial charge in [0.15, 0.2) is 0 Å². The molecule has 2 unspecified atom stereocenters. The van der Waals surface area contributed by atoms with Crippen molar-refractivity contribution in [2.24, 2.45) is 11.8 Å². The first-order valence-corrected chi connectivity index (χ1v) is 11.0. The summed E-state index contributed by atoms with van der Waals surface area (Å²) in [6.07, 6.45) is -5.24. The zero-order valence-electron chi connectivity index (χ0n) is 18.7. The van der Waals surface area contributed by atoms with Gasteiger partial charge in [-0.15, -0.1) is 13.2 Å². The van der Waals surface area contributed by atoms with Crippen LogP contribution in [-0.2, 0) is 11.3 Å². The van der Waals surface area contributed by atoms with Crippen LogP contribution in [0.4, 0.5) is 18.0 Å². The normalized spacial score (nSPS) is 19.8. The lowest BCUT2D eigenvalue weighted by Crippen LogP contribution is -2.36. The van der Waals surface area contributed by atoms with E-state index in [9.17, 15) is 22.8 Å². The van der Waals surface area contributed by atoms with Crippen LogP contribution < -0.4 is 4.74 Å². The number of rotatable bonds is 4. The molecule has 1 N–H and O–H groups in total. The van der Waals surface area contributed by atoms with Crippen LogP contribution in [0.2, 0.25) is 0 Å². The lowest BCUT2D eigenvalue weighted by atomic mass is 10.0. The SMILES string of the molecule is Cc1c(C(=O)N2CC3CN(C(=O)OCc4ccc(OC(F)(F)F)cc4)CC3C2)ccc2n[nH]nc12. The van der Waals surface area contributed by atoms with Crippen molar-refractivity contribution in [3.8, 4) is 5.75 Å². The highest BCUT2D eigenvalue weighted by Crippen LogP contribution is 2.33. The Labute approximate surface area is 197 Å². The summed E-state index contributed by atoms with van der Waals surface area (Å²) in [6.45, 7) is 3.84. The maximum Gasteiger partial charge on any atom is 0.573 e. The van der Waals surface area contributed by atoms with Crippen molar-refractivity contribution >= 4 is 23.0 Å². The number of nitrogens with one attached hydrogen (secondary N) is 1. The summed E-state index contributed by atoms with van der Waals surface area (Å²) in [4.78, 5) is 29.1. The fourth-order valence-electron chi connectivity index (χ4n) is 4.78. The highest BCUT2D eigenvalue weighted by molar-refractivity contribution is 5.99. The molecule has 1 aromatic heterocycles. The van der Waals surface area contributed by atoms with Gasteiger partial charge in [-0.1, -0.05) is 12.1 Å². The van der Waals surface area contributed by atoms with Crippen molar-refractivity contribution in [2.45, 2.75) is 19.9 Å². The number of alkyl halides is 3. The first-order chi connectivity index (χ1) is 16.7. The summed E-state index contributed by atoms with van der Waals surface area (Å²) < 4.78 is 45.9. The third-order valence-corrected chi connectivity index (χ3v) is 6.52. The average Bonchev–Trinajstić information content (AvgIpc) is 3.52. The van der Waals surface area contributed by atoms with Crippen molar-refractivity contribution in [3.63, 3.8) is 0 Å². The number of benzene rings is 2. The standard InChI is InChI=1S/C23H22F3N5O4/c1-13-18(6-7-19-20(13)28-29-27-19)21(32)30-8-15-10-31(11-16(15)9-30)22(33)34-12-14-2-4-17(5-3-14)35-23(24,25)26/h2-7,15-16H,8-12H2,1H3,(H,27,28,29). The van der Waals surface area contributed by atoms with Crippen LogP contribution >= 0.6 is 0 Å². The quantitative estimate of drug-likeness (QED) is 0.602. The van der Waals surface area contributed by atoms with Gasteiger partial charge in [-0.3, -0.25) is 4.79 Å². The van der Waals surface area contributed by atoms with E-state index in [-0.39, 0.29) is 30.1 Å². The number of hydrogen-bond donors (Lipinski definition) is 1. The zero-order valence-corrected chi connectivity index (χ0v) is 18.7. The van der Waals surface area contributed by atoms with Crippen LogP contribution in [0.5, 0.6) is 5.75 Å². The van der Waals surface area contributed by atoms with E-state index in [2.05, 4.69) is 20.1 Å². The number of carbonyl (C=O) groups is 2. The predicted molar refractivity (Wildman–Crippen MR) is 116 cm³/mol. The largest absolute Gasteiger partial charge is 0.573 e. The van der Waals surface area contributed by atoms with Gasteiger partial charge in [-0.25, -0.2) is 4.79 Å². The highest BCUT2D eigenvalue weighted by Gasteiger charge is 2.43. The zero-order chi connectivity index (χ0) is 24.7. The molecule has 0 radical (unpaired) electrons. The average molecular weight is 489 g/mol. The molecular weight excluding hydrogens is 467 g/mol. The third kappa shape index (κ3) is 4.73. The van der Waals surface area contributed by atoms with Gasteiger partial charge in [-0.05, 0) is 42.3 Å². The maximum atomic E-state index is 13.1. The molecule has 0 bridgehead atoms. The molecule has 12 heteroatoms.